The fourth-order valence-corrected chi connectivity index (χ4v) is 6.25. The van der Waals surface area contributed by atoms with E-state index in [0.29, 0.717) is 10.8 Å². The summed E-state index contributed by atoms with van der Waals surface area (Å²) in [6.07, 6.45) is 6.01. The van der Waals surface area contributed by atoms with Crippen molar-refractivity contribution in [3.63, 3.8) is 0 Å². The smallest absolute Gasteiger partial charge is 0.268 e. The zero-order valence-corrected chi connectivity index (χ0v) is 19.3. The van der Waals surface area contributed by atoms with E-state index in [1.165, 1.54) is 17.4 Å². The van der Waals surface area contributed by atoms with Crippen LogP contribution in [0.2, 0.25) is 0 Å². The summed E-state index contributed by atoms with van der Waals surface area (Å²) < 4.78 is 2.17. The molecule has 1 aliphatic heterocycles. The third-order valence-corrected chi connectivity index (χ3v) is 8.16. The van der Waals surface area contributed by atoms with Crippen LogP contribution in [0.5, 0.6) is 0 Å². The number of benzene rings is 1. The summed E-state index contributed by atoms with van der Waals surface area (Å²) in [7, 11) is 0. The molecule has 2 N–H and O–H groups in total. The first kappa shape index (κ1) is 20.9. The minimum Gasteiger partial charge on any atom is -0.339 e. The summed E-state index contributed by atoms with van der Waals surface area (Å²) >= 11 is 1.41. The first-order valence-corrected chi connectivity index (χ1v) is 12.2. The van der Waals surface area contributed by atoms with Crippen molar-refractivity contribution >= 4 is 40.1 Å². The molecule has 0 bridgehead atoms. The number of nitrogens with zero attached hydrogens (tertiary/aromatic N) is 4. The second-order valence-corrected chi connectivity index (χ2v) is 10.2. The van der Waals surface area contributed by atoms with E-state index in [9.17, 15) is 9.59 Å². The van der Waals surface area contributed by atoms with E-state index >= 15 is 0 Å². The molecule has 1 saturated carbocycles. The van der Waals surface area contributed by atoms with Gasteiger partial charge < -0.3 is 9.47 Å². The molecule has 9 heteroatoms. The molecule has 34 heavy (non-hydrogen) atoms. The van der Waals surface area contributed by atoms with Crippen molar-refractivity contribution < 1.29 is 9.59 Å². The molecule has 172 valence electrons. The van der Waals surface area contributed by atoms with Gasteiger partial charge in [-0.05, 0) is 61.1 Å². The predicted octanol–water partition coefficient (Wildman–Crippen LogP) is 4.48. The molecule has 1 saturated heterocycles. The van der Waals surface area contributed by atoms with Crippen molar-refractivity contribution in [2.75, 3.05) is 18.4 Å². The molecule has 2 fully saturated rings. The van der Waals surface area contributed by atoms with Gasteiger partial charge in [-0.25, -0.2) is 4.98 Å². The maximum atomic E-state index is 13.1. The quantitative estimate of drug-likeness (QED) is 0.419. The van der Waals surface area contributed by atoms with Gasteiger partial charge in [-0.1, -0.05) is 18.7 Å². The Bertz CT molecular complexity index is 1400. The van der Waals surface area contributed by atoms with Crippen molar-refractivity contribution in [1.29, 1.82) is 0 Å². The van der Waals surface area contributed by atoms with Crippen LogP contribution >= 0.6 is 11.3 Å². The molecule has 1 aromatic carbocycles. The number of aromatic nitrogens is 4. The van der Waals surface area contributed by atoms with E-state index in [1.54, 1.807) is 6.20 Å². The van der Waals surface area contributed by atoms with Gasteiger partial charge in [0, 0.05) is 25.3 Å². The van der Waals surface area contributed by atoms with Gasteiger partial charge >= 0.3 is 0 Å². The van der Waals surface area contributed by atoms with E-state index in [4.69, 9.17) is 4.98 Å². The summed E-state index contributed by atoms with van der Waals surface area (Å²) in [4.78, 5) is 33.4. The van der Waals surface area contributed by atoms with Crippen molar-refractivity contribution in [2.45, 2.75) is 25.3 Å². The zero-order valence-electron chi connectivity index (χ0n) is 18.5. The van der Waals surface area contributed by atoms with Gasteiger partial charge in [0.15, 0.2) is 0 Å². The highest BCUT2D eigenvalue weighted by atomic mass is 32.1. The lowest BCUT2D eigenvalue weighted by molar-refractivity contribution is -0.125. The number of carbonyl (C=O) groups is 2. The molecule has 0 atom stereocenters. The number of hydrogen-bond acceptors (Lipinski definition) is 5. The van der Waals surface area contributed by atoms with Gasteiger partial charge in [0.05, 0.1) is 26.5 Å². The number of rotatable bonds is 5. The Morgan fingerprint density at radius 1 is 1.21 bits per heavy atom. The normalized spacial score (nSPS) is 21.6. The van der Waals surface area contributed by atoms with Crippen molar-refractivity contribution in [1.82, 2.24) is 24.6 Å². The van der Waals surface area contributed by atoms with Crippen LogP contribution in [-0.4, -0.2) is 49.6 Å². The van der Waals surface area contributed by atoms with Crippen LogP contribution in [0.15, 0.2) is 61.3 Å². The van der Waals surface area contributed by atoms with Gasteiger partial charge in [0.1, 0.15) is 0 Å². The fraction of sp³-hybridized carbons (Fsp3) is 0.280. The second kappa shape index (κ2) is 7.95. The third-order valence-electron chi connectivity index (χ3n) is 7.04. The number of hydrogen-bond donors (Lipinski definition) is 2. The highest BCUT2D eigenvalue weighted by Gasteiger charge is 2.50. The van der Waals surface area contributed by atoms with E-state index in [-0.39, 0.29) is 23.3 Å². The Hall–Kier alpha value is -3.72. The Morgan fingerprint density at radius 2 is 2.06 bits per heavy atom. The molecule has 3 aromatic heterocycles. The number of para-hydroxylation sites is 2. The van der Waals surface area contributed by atoms with Crippen LogP contribution in [-0.2, 0) is 4.79 Å². The molecule has 1 spiro atoms. The van der Waals surface area contributed by atoms with Gasteiger partial charge in [0.25, 0.3) is 5.91 Å². The lowest BCUT2D eigenvalue weighted by atomic mass is 9.65. The van der Waals surface area contributed by atoms with Crippen LogP contribution in [0.25, 0.3) is 21.6 Å². The van der Waals surface area contributed by atoms with Crippen LogP contribution in [0.4, 0.5) is 5.95 Å². The van der Waals surface area contributed by atoms with Crippen LogP contribution < -0.4 is 5.32 Å². The summed E-state index contributed by atoms with van der Waals surface area (Å²) in [6.45, 7) is 5.17. The number of anilines is 1. The van der Waals surface area contributed by atoms with Crippen LogP contribution in [0.1, 0.15) is 35.0 Å². The highest BCUT2D eigenvalue weighted by molar-refractivity contribution is 7.17. The average molecular weight is 473 g/mol. The molecule has 2 aliphatic rings. The third kappa shape index (κ3) is 3.43. The fourth-order valence-electron chi connectivity index (χ4n) is 5.37. The summed E-state index contributed by atoms with van der Waals surface area (Å²) in [5, 5.41) is 9.97. The van der Waals surface area contributed by atoms with Gasteiger partial charge in [-0.2, -0.15) is 5.10 Å². The number of thiophene rings is 1. The Balaban J connectivity index is 1.25. The zero-order chi connectivity index (χ0) is 23.3. The predicted molar refractivity (Wildman–Crippen MR) is 132 cm³/mol. The molecule has 4 aromatic rings. The monoisotopic (exact) mass is 472 g/mol. The first-order chi connectivity index (χ1) is 16.5. The number of aromatic amines is 1. The molecule has 0 unspecified atom stereocenters. The van der Waals surface area contributed by atoms with E-state index in [0.717, 1.165) is 54.0 Å². The van der Waals surface area contributed by atoms with Crippen LogP contribution in [0, 0.1) is 5.41 Å². The minimum atomic E-state index is -0.176. The molecule has 8 nitrogen and oxygen atoms in total. The maximum Gasteiger partial charge on any atom is 0.268 e. The van der Waals surface area contributed by atoms with Crippen molar-refractivity contribution in [2.24, 2.45) is 5.41 Å². The van der Waals surface area contributed by atoms with E-state index in [2.05, 4.69) is 26.7 Å². The number of likely N-dealkylation sites (tertiary alicyclic amines) is 1. The standard InChI is InChI=1S/C25H24N6O2S/c1-2-22(32)30-12-10-25(15-30)13-16(14-25)31-19-6-4-3-5-17(19)27-24(31)28-23(33)21-8-7-20(34-21)18-9-11-26-29-18/h2-9,11,16H,1,10,12-15H2,(H,26,29)(H,27,28,33). The van der Waals surface area contributed by atoms with Gasteiger partial charge in [-0.15, -0.1) is 11.3 Å². The number of imidazole rings is 1. The maximum absolute atomic E-state index is 13.1. The molecule has 6 rings (SSSR count). The summed E-state index contributed by atoms with van der Waals surface area (Å²) in [5.74, 6) is 0.399. The number of amides is 2. The first-order valence-electron chi connectivity index (χ1n) is 11.3. The molecule has 4 heterocycles. The number of nitrogens with one attached hydrogen (secondary N) is 2. The van der Waals surface area contributed by atoms with E-state index in [1.807, 2.05) is 47.4 Å². The largest absolute Gasteiger partial charge is 0.339 e. The molecular weight excluding hydrogens is 448 g/mol. The van der Waals surface area contributed by atoms with E-state index < -0.39 is 0 Å². The highest BCUT2D eigenvalue weighted by Crippen LogP contribution is 2.55. The summed E-state index contributed by atoms with van der Waals surface area (Å²) in [6, 6.07) is 13.8. The van der Waals surface area contributed by atoms with Crippen molar-refractivity contribution in [3.8, 4) is 10.6 Å². The Kier molecular flexibility index (Phi) is 4.88. The number of carbonyl (C=O) groups excluding carboxylic acids is 2. The minimum absolute atomic E-state index is 0.00630. The molecule has 0 radical (unpaired) electrons. The average Bonchev–Trinajstić information content (AvgIpc) is 3.62. The molecule has 1 aliphatic carbocycles. The Labute approximate surface area is 200 Å². The van der Waals surface area contributed by atoms with Gasteiger partial charge in [0.2, 0.25) is 11.9 Å². The topological polar surface area (TPSA) is 95.9 Å². The summed E-state index contributed by atoms with van der Waals surface area (Å²) in [5.41, 5.74) is 2.90. The lowest BCUT2D eigenvalue weighted by Crippen LogP contribution is -2.42. The SMILES string of the molecule is C=CC(=O)N1CCC2(CC(n3c(NC(=O)c4ccc(-c5ccn[nH]5)s4)nc4ccccc43)C2)C1. The van der Waals surface area contributed by atoms with Crippen molar-refractivity contribution in [3.05, 3.63) is 66.2 Å². The van der Waals surface area contributed by atoms with Crippen LogP contribution in [0.3, 0.4) is 0 Å². The molecular formula is C25H24N6O2S. The Morgan fingerprint density at radius 3 is 2.85 bits per heavy atom. The number of H-pyrrole nitrogens is 1. The lowest BCUT2D eigenvalue weighted by Gasteiger charge is -2.46. The number of fused-ring (bicyclic) bond motifs is 1. The molecule has 2 amide bonds. The second-order valence-electron chi connectivity index (χ2n) is 9.16. The van der Waals surface area contributed by atoms with Gasteiger partial charge in [-0.3, -0.25) is 20.0 Å².